The van der Waals surface area contributed by atoms with Crippen molar-refractivity contribution in [3.63, 3.8) is 0 Å². The number of aromatic nitrogens is 3. The second-order valence-electron chi connectivity index (χ2n) is 9.31. The molecule has 2 aliphatic heterocycles. The molecule has 0 N–H and O–H groups in total. The molecule has 188 valence electrons. The molecule has 36 heavy (non-hydrogen) atoms. The number of fused-ring (bicyclic) bond motifs is 1. The first-order chi connectivity index (χ1) is 17.5. The number of nitrogens with zero attached hydrogens (tertiary/aromatic N) is 5. The van der Waals surface area contributed by atoms with E-state index in [1.54, 1.807) is 4.90 Å². The largest absolute Gasteiger partial charge is 0.494 e. The number of benzene rings is 2. The zero-order chi connectivity index (χ0) is 25.1. The number of rotatable bonds is 7. The Labute approximate surface area is 209 Å². The van der Waals surface area contributed by atoms with E-state index in [1.807, 2.05) is 42.2 Å². The topological polar surface area (TPSA) is 89.7 Å². The molecule has 3 heterocycles. The van der Waals surface area contributed by atoms with Gasteiger partial charge in [0.05, 0.1) is 6.61 Å². The highest BCUT2D eigenvalue weighted by Gasteiger charge is 2.28. The van der Waals surface area contributed by atoms with Crippen LogP contribution in [0.5, 0.6) is 5.75 Å². The molecule has 0 spiro atoms. The summed E-state index contributed by atoms with van der Waals surface area (Å²) < 4.78 is 7.92. The molecule has 0 unspecified atom stereocenters. The molecule has 5 rings (SSSR count). The van der Waals surface area contributed by atoms with Crippen molar-refractivity contribution in [3.05, 3.63) is 80.9 Å². The van der Waals surface area contributed by atoms with Crippen molar-refractivity contribution in [3.8, 4) is 5.75 Å². The zero-order valence-electron chi connectivity index (χ0n) is 20.5. The number of carbonyl (C=O) groups excluding carboxylic acids is 1. The predicted octanol–water partition coefficient (Wildman–Crippen LogP) is 2.44. The summed E-state index contributed by atoms with van der Waals surface area (Å²) in [6, 6.07) is 17.9. The molecule has 9 heteroatoms. The second kappa shape index (κ2) is 10.4. The Kier molecular flexibility index (Phi) is 6.88. The summed E-state index contributed by atoms with van der Waals surface area (Å²) in [6.07, 6.45) is 2.84. The lowest BCUT2D eigenvalue weighted by atomic mass is 9.90. The summed E-state index contributed by atoms with van der Waals surface area (Å²) >= 11 is 0. The standard InChI is InChI=1S/C27H31N5O4/c1-2-36-23-10-8-22(9-11-23)30-16-17-31-25(34)26(35)32(28-27(30)31)19-24(33)29-14-12-21(13-15-29)18-20-6-4-3-5-7-20/h3-11,21H,2,12-19H2,1H3. The van der Waals surface area contributed by atoms with E-state index in [9.17, 15) is 14.4 Å². The molecule has 0 radical (unpaired) electrons. The molecule has 0 bridgehead atoms. The van der Waals surface area contributed by atoms with Gasteiger partial charge in [0.25, 0.3) is 0 Å². The van der Waals surface area contributed by atoms with Gasteiger partial charge in [0, 0.05) is 31.9 Å². The summed E-state index contributed by atoms with van der Waals surface area (Å²) in [5.74, 6) is 1.48. The molecule has 3 aromatic rings. The van der Waals surface area contributed by atoms with Gasteiger partial charge in [-0.25, -0.2) is 4.68 Å². The second-order valence-corrected chi connectivity index (χ2v) is 9.31. The van der Waals surface area contributed by atoms with Crippen LogP contribution in [0.1, 0.15) is 25.3 Å². The third-order valence-electron chi connectivity index (χ3n) is 6.98. The number of hydrogen-bond acceptors (Lipinski definition) is 6. The number of carbonyl (C=O) groups is 1. The van der Waals surface area contributed by atoms with Crippen molar-refractivity contribution in [1.82, 2.24) is 19.2 Å². The lowest BCUT2D eigenvalue weighted by Gasteiger charge is -2.32. The summed E-state index contributed by atoms with van der Waals surface area (Å²) in [5, 5.41) is 4.45. The van der Waals surface area contributed by atoms with Crippen molar-refractivity contribution < 1.29 is 9.53 Å². The third kappa shape index (κ3) is 4.91. The van der Waals surface area contributed by atoms with E-state index in [2.05, 4.69) is 29.4 Å². The number of amides is 1. The van der Waals surface area contributed by atoms with E-state index < -0.39 is 11.1 Å². The molecule has 2 aromatic carbocycles. The minimum Gasteiger partial charge on any atom is -0.494 e. The maximum atomic E-state index is 13.0. The maximum absolute atomic E-state index is 13.0. The lowest BCUT2D eigenvalue weighted by molar-refractivity contribution is -0.133. The molecule has 1 saturated heterocycles. The molecule has 9 nitrogen and oxygen atoms in total. The summed E-state index contributed by atoms with van der Waals surface area (Å²) in [5.41, 5.74) is 0.741. The molecule has 0 saturated carbocycles. The Morgan fingerprint density at radius 3 is 2.36 bits per heavy atom. The molecule has 1 fully saturated rings. The highest BCUT2D eigenvalue weighted by Crippen LogP contribution is 2.28. The Bertz CT molecular complexity index is 1330. The molecule has 0 atom stereocenters. The van der Waals surface area contributed by atoms with Gasteiger partial charge in [0.15, 0.2) is 0 Å². The molecule has 0 aliphatic carbocycles. The van der Waals surface area contributed by atoms with Crippen LogP contribution in [-0.4, -0.2) is 51.4 Å². The zero-order valence-corrected chi connectivity index (χ0v) is 20.5. The lowest BCUT2D eigenvalue weighted by Crippen LogP contribution is -2.47. The van der Waals surface area contributed by atoms with Gasteiger partial charge >= 0.3 is 11.1 Å². The van der Waals surface area contributed by atoms with Crippen LogP contribution in [0.25, 0.3) is 0 Å². The van der Waals surface area contributed by atoms with Crippen molar-refractivity contribution >= 4 is 17.5 Å². The van der Waals surface area contributed by atoms with Gasteiger partial charge in [-0.2, -0.15) is 0 Å². The number of anilines is 2. The fraction of sp³-hybridized carbons (Fsp3) is 0.407. The Hall–Kier alpha value is -3.88. The van der Waals surface area contributed by atoms with Crippen LogP contribution in [0.15, 0.2) is 64.2 Å². The fourth-order valence-electron chi connectivity index (χ4n) is 5.03. The Morgan fingerprint density at radius 2 is 1.67 bits per heavy atom. The highest BCUT2D eigenvalue weighted by molar-refractivity contribution is 5.76. The first-order valence-corrected chi connectivity index (χ1v) is 12.6. The van der Waals surface area contributed by atoms with Crippen molar-refractivity contribution in [2.75, 3.05) is 31.1 Å². The number of hydrogen-bond donors (Lipinski definition) is 0. The van der Waals surface area contributed by atoms with Crippen LogP contribution in [0.2, 0.25) is 0 Å². The first kappa shape index (κ1) is 23.8. The molecular formula is C27H31N5O4. The van der Waals surface area contributed by atoms with Crippen LogP contribution >= 0.6 is 0 Å². The Balaban J connectivity index is 1.28. The van der Waals surface area contributed by atoms with Gasteiger partial charge in [-0.3, -0.25) is 19.0 Å². The summed E-state index contributed by atoms with van der Waals surface area (Å²) in [6.45, 7) is 4.45. The minimum atomic E-state index is -0.764. The average Bonchev–Trinajstić information content (AvgIpc) is 3.33. The average molecular weight is 490 g/mol. The number of piperidine rings is 1. The van der Waals surface area contributed by atoms with Crippen LogP contribution in [-0.2, 0) is 24.3 Å². The highest BCUT2D eigenvalue weighted by atomic mass is 16.5. The smallest absolute Gasteiger partial charge is 0.333 e. The van der Waals surface area contributed by atoms with Gasteiger partial charge < -0.3 is 14.5 Å². The predicted molar refractivity (Wildman–Crippen MR) is 137 cm³/mol. The van der Waals surface area contributed by atoms with Gasteiger partial charge in [-0.1, -0.05) is 30.3 Å². The van der Waals surface area contributed by atoms with Gasteiger partial charge in [-0.15, -0.1) is 5.10 Å². The minimum absolute atomic E-state index is 0.183. The van der Waals surface area contributed by atoms with Crippen molar-refractivity contribution in [1.29, 1.82) is 0 Å². The van der Waals surface area contributed by atoms with Crippen molar-refractivity contribution in [2.24, 2.45) is 5.92 Å². The fourth-order valence-corrected chi connectivity index (χ4v) is 5.03. The quantitative estimate of drug-likeness (QED) is 0.474. The number of ether oxygens (including phenoxy) is 1. The van der Waals surface area contributed by atoms with Gasteiger partial charge in [0.1, 0.15) is 12.3 Å². The van der Waals surface area contributed by atoms with E-state index in [0.717, 1.165) is 35.4 Å². The van der Waals surface area contributed by atoms with Crippen LogP contribution in [0, 0.1) is 5.92 Å². The van der Waals surface area contributed by atoms with E-state index in [-0.39, 0.29) is 12.5 Å². The van der Waals surface area contributed by atoms with E-state index in [0.29, 0.717) is 44.7 Å². The van der Waals surface area contributed by atoms with Crippen LogP contribution < -0.4 is 20.8 Å². The normalized spacial score (nSPS) is 15.7. The molecular weight excluding hydrogens is 458 g/mol. The van der Waals surface area contributed by atoms with E-state index >= 15 is 0 Å². The monoisotopic (exact) mass is 489 g/mol. The van der Waals surface area contributed by atoms with E-state index in [4.69, 9.17) is 4.74 Å². The van der Waals surface area contributed by atoms with E-state index in [1.165, 1.54) is 10.1 Å². The van der Waals surface area contributed by atoms with Gasteiger partial charge in [0.2, 0.25) is 11.9 Å². The summed E-state index contributed by atoms with van der Waals surface area (Å²) in [4.78, 5) is 42.2. The third-order valence-corrected chi connectivity index (χ3v) is 6.98. The van der Waals surface area contributed by atoms with Crippen LogP contribution in [0.4, 0.5) is 11.6 Å². The SMILES string of the molecule is CCOc1ccc(N2CCn3c2nn(CC(=O)N2CCC(Cc4ccccc4)CC2)c(=O)c3=O)cc1. The van der Waals surface area contributed by atoms with Crippen LogP contribution in [0.3, 0.4) is 0 Å². The maximum Gasteiger partial charge on any atom is 0.333 e. The first-order valence-electron chi connectivity index (χ1n) is 12.6. The Morgan fingerprint density at radius 1 is 0.944 bits per heavy atom. The molecule has 2 aliphatic rings. The van der Waals surface area contributed by atoms with Gasteiger partial charge in [-0.05, 0) is 61.9 Å². The van der Waals surface area contributed by atoms with Crippen molar-refractivity contribution in [2.45, 2.75) is 39.3 Å². The molecule has 1 aromatic heterocycles. The molecule has 1 amide bonds. The number of likely N-dealkylation sites (tertiary alicyclic amines) is 1. The summed E-state index contributed by atoms with van der Waals surface area (Å²) in [7, 11) is 0.